The number of amides is 1. The van der Waals surface area contributed by atoms with E-state index in [2.05, 4.69) is 0 Å². The van der Waals surface area contributed by atoms with Crippen molar-refractivity contribution in [2.45, 2.75) is 26.3 Å². The molecule has 0 bridgehead atoms. The first kappa shape index (κ1) is 21.8. The molecule has 0 saturated carbocycles. The monoisotopic (exact) mass is 455 g/mol. The molecule has 6 nitrogen and oxygen atoms in total. The average molecular weight is 456 g/mol. The molecule has 2 aliphatic heterocycles. The predicted molar refractivity (Wildman–Crippen MR) is 129 cm³/mol. The van der Waals surface area contributed by atoms with Gasteiger partial charge in [0.1, 0.15) is 17.3 Å². The molecule has 34 heavy (non-hydrogen) atoms. The van der Waals surface area contributed by atoms with Crippen molar-refractivity contribution in [2.75, 3.05) is 18.6 Å². The Labute approximate surface area is 198 Å². The molecule has 6 heteroatoms. The lowest BCUT2D eigenvalue weighted by atomic mass is 9.93. The van der Waals surface area contributed by atoms with Gasteiger partial charge in [0, 0.05) is 23.2 Å². The number of rotatable bonds is 4. The van der Waals surface area contributed by atoms with Crippen LogP contribution >= 0.6 is 0 Å². The summed E-state index contributed by atoms with van der Waals surface area (Å²) in [6, 6.07) is 17.5. The van der Waals surface area contributed by atoms with Gasteiger partial charge in [0.25, 0.3) is 11.7 Å². The maximum Gasteiger partial charge on any atom is 0.300 e. The molecule has 1 N–H and O–H groups in total. The highest BCUT2D eigenvalue weighted by Gasteiger charge is 2.48. The van der Waals surface area contributed by atoms with E-state index in [-0.39, 0.29) is 11.3 Å². The van der Waals surface area contributed by atoms with E-state index >= 15 is 0 Å². The number of carbonyl (C=O) groups is 2. The summed E-state index contributed by atoms with van der Waals surface area (Å²) < 4.78 is 11.2. The number of nitrogens with zero attached hydrogens (tertiary/aromatic N) is 1. The number of ketones is 1. The fourth-order valence-corrected chi connectivity index (χ4v) is 4.86. The molecule has 1 atom stereocenters. The van der Waals surface area contributed by atoms with Crippen molar-refractivity contribution in [1.82, 2.24) is 0 Å². The Hall–Kier alpha value is -4.06. The minimum absolute atomic E-state index is 0.0347. The lowest BCUT2D eigenvalue weighted by Crippen LogP contribution is -2.29. The number of carbonyl (C=O) groups excluding carboxylic acids is 2. The molecule has 3 aromatic carbocycles. The van der Waals surface area contributed by atoms with E-state index < -0.39 is 17.7 Å². The maximum absolute atomic E-state index is 13.4. The van der Waals surface area contributed by atoms with E-state index in [1.54, 1.807) is 25.3 Å². The third-order valence-electron chi connectivity index (χ3n) is 6.33. The second kappa shape index (κ2) is 8.37. The number of Topliss-reactive ketones (excluding diaryl/α,β-unsaturated/α-hetero) is 1. The third kappa shape index (κ3) is 3.52. The van der Waals surface area contributed by atoms with Crippen molar-refractivity contribution in [3.63, 3.8) is 0 Å². The van der Waals surface area contributed by atoms with Gasteiger partial charge in [-0.25, -0.2) is 0 Å². The number of methoxy groups -OCH3 is 1. The molecule has 0 aliphatic carbocycles. The summed E-state index contributed by atoms with van der Waals surface area (Å²) in [4.78, 5) is 28.3. The molecule has 2 aliphatic rings. The molecule has 1 fully saturated rings. The Morgan fingerprint density at radius 1 is 1.03 bits per heavy atom. The first-order chi connectivity index (χ1) is 16.4. The van der Waals surface area contributed by atoms with E-state index in [0.717, 1.165) is 28.9 Å². The summed E-state index contributed by atoms with van der Waals surface area (Å²) in [5.74, 6) is -0.336. The molecule has 0 spiro atoms. The zero-order chi connectivity index (χ0) is 24.0. The highest BCUT2D eigenvalue weighted by molar-refractivity contribution is 6.51. The Morgan fingerprint density at radius 2 is 1.76 bits per heavy atom. The molecular formula is C28H25NO5. The minimum Gasteiger partial charge on any atom is -0.507 e. The number of hydrogen-bond acceptors (Lipinski definition) is 5. The van der Waals surface area contributed by atoms with Crippen molar-refractivity contribution >= 4 is 23.1 Å². The average Bonchev–Trinajstić information content (AvgIpc) is 3.40. The largest absolute Gasteiger partial charge is 0.507 e. The summed E-state index contributed by atoms with van der Waals surface area (Å²) in [5.41, 5.74) is 4.62. The summed E-state index contributed by atoms with van der Waals surface area (Å²) in [6.07, 6.45) is 0.725. The van der Waals surface area contributed by atoms with Crippen molar-refractivity contribution in [1.29, 1.82) is 0 Å². The van der Waals surface area contributed by atoms with Gasteiger partial charge in [0.05, 0.1) is 25.3 Å². The molecule has 3 aromatic rings. The fourth-order valence-electron chi connectivity index (χ4n) is 4.86. The predicted octanol–water partition coefficient (Wildman–Crippen LogP) is 4.87. The van der Waals surface area contributed by atoms with Crippen LogP contribution in [0.15, 0.2) is 66.2 Å². The molecule has 0 aromatic heterocycles. The first-order valence-electron chi connectivity index (χ1n) is 11.2. The second-order valence-electron chi connectivity index (χ2n) is 8.68. The quantitative estimate of drug-likeness (QED) is 0.345. The zero-order valence-electron chi connectivity index (χ0n) is 19.3. The summed E-state index contributed by atoms with van der Waals surface area (Å²) in [5, 5.41) is 11.4. The number of hydrogen-bond donors (Lipinski definition) is 1. The van der Waals surface area contributed by atoms with Crippen LogP contribution in [0.1, 0.15) is 33.9 Å². The summed E-state index contributed by atoms with van der Waals surface area (Å²) in [7, 11) is 1.54. The van der Waals surface area contributed by atoms with Crippen LogP contribution in [-0.2, 0) is 16.0 Å². The number of para-hydroxylation sites is 1. The van der Waals surface area contributed by atoms with Crippen LogP contribution in [0, 0.1) is 13.8 Å². The lowest BCUT2D eigenvalue weighted by Gasteiger charge is -2.27. The van der Waals surface area contributed by atoms with Crippen LogP contribution in [-0.4, -0.2) is 30.5 Å². The van der Waals surface area contributed by atoms with Gasteiger partial charge in [-0.1, -0.05) is 24.3 Å². The van der Waals surface area contributed by atoms with Crippen LogP contribution in [0.4, 0.5) is 5.69 Å². The Kier molecular flexibility index (Phi) is 5.36. The van der Waals surface area contributed by atoms with Crippen LogP contribution in [0.5, 0.6) is 11.5 Å². The zero-order valence-corrected chi connectivity index (χ0v) is 19.3. The molecule has 1 amide bonds. The third-order valence-corrected chi connectivity index (χ3v) is 6.33. The molecule has 5 rings (SSSR count). The van der Waals surface area contributed by atoms with E-state index in [1.807, 2.05) is 56.3 Å². The van der Waals surface area contributed by atoms with Crippen LogP contribution in [0.25, 0.3) is 5.76 Å². The fraction of sp³-hybridized carbons (Fsp3) is 0.214. The lowest BCUT2D eigenvalue weighted by molar-refractivity contribution is -0.132. The molecule has 1 saturated heterocycles. The number of anilines is 1. The number of benzene rings is 3. The van der Waals surface area contributed by atoms with E-state index in [0.29, 0.717) is 29.2 Å². The van der Waals surface area contributed by atoms with Gasteiger partial charge in [-0.05, 0) is 66.9 Å². The topological polar surface area (TPSA) is 76.1 Å². The van der Waals surface area contributed by atoms with Crippen LogP contribution in [0.2, 0.25) is 0 Å². The smallest absolute Gasteiger partial charge is 0.300 e. The van der Waals surface area contributed by atoms with Gasteiger partial charge in [-0.2, -0.15) is 0 Å². The van der Waals surface area contributed by atoms with Gasteiger partial charge >= 0.3 is 0 Å². The van der Waals surface area contributed by atoms with Gasteiger partial charge in [-0.15, -0.1) is 0 Å². The van der Waals surface area contributed by atoms with Gasteiger partial charge in [0.2, 0.25) is 0 Å². The van der Waals surface area contributed by atoms with Crippen molar-refractivity contribution in [2.24, 2.45) is 0 Å². The summed E-state index contributed by atoms with van der Waals surface area (Å²) in [6.45, 7) is 4.47. The Morgan fingerprint density at radius 3 is 2.50 bits per heavy atom. The van der Waals surface area contributed by atoms with Gasteiger partial charge in [0.15, 0.2) is 0 Å². The molecule has 0 radical (unpaired) electrons. The van der Waals surface area contributed by atoms with Crippen LogP contribution in [0.3, 0.4) is 0 Å². The molecule has 2 heterocycles. The van der Waals surface area contributed by atoms with E-state index in [9.17, 15) is 14.7 Å². The van der Waals surface area contributed by atoms with Crippen molar-refractivity contribution in [3.8, 4) is 11.5 Å². The number of aliphatic hydroxyl groups is 1. The second-order valence-corrected chi connectivity index (χ2v) is 8.68. The minimum atomic E-state index is -0.846. The van der Waals surface area contributed by atoms with Gasteiger partial charge in [-0.3, -0.25) is 14.5 Å². The van der Waals surface area contributed by atoms with Crippen molar-refractivity contribution < 1.29 is 24.2 Å². The van der Waals surface area contributed by atoms with E-state index in [1.165, 1.54) is 4.90 Å². The Balaban J connectivity index is 1.75. The molecule has 172 valence electrons. The normalized spacial score (nSPS) is 18.7. The molecule has 1 unspecified atom stereocenters. The SMILES string of the molecule is COc1ccccc1C1/C(=C(\O)c2ccc3c(c2)CCO3)C(=O)C(=O)N1c1cc(C)cc(C)c1. The van der Waals surface area contributed by atoms with Gasteiger partial charge < -0.3 is 14.6 Å². The standard InChI is InChI=1S/C28H25NO5/c1-16-12-17(2)14-20(13-16)29-25(21-6-4-5-7-23(21)33-3)24(27(31)28(29)32)26(30)19-8-9-22-18(15-19)10-11-34-22/h4-9,12-15,25,30H,10-11H2,1-3H3/b26-24+. The number of fused-ring (bicyclic) bond motifs is 1. The van der Waals surface area contributed by atoms with Crippen LogP contribution < -0.4 is 14.4 Å². The highest BCUT2D eigenvalue weighted by Crippen LogP contribution is 2.45. The maximum atomic E-state index is 13.4. The number of ether oxygens (including phenoxy) is 2. The van der Waals surface area contributed by atoms with E-state index in [4.69, 9.17) is 9.47 Å². The molecular weight excluding hydrogens is 430 g/mol. The Bertz CT molecular complexity index is 1340. The number of aliphatic hydroxyl groups excluding tert-OH is 1. The number of aryl methyl sites for hydroxylation is 2. The van der Waals surface area contributed by atoms with Crippen molar-refractivity contribution in [3.05, 3.63) is 94.1 Å². The highest BCUT2D eigenvalue weighted by atomic mass is 16.5. The first-order valence-corrected chi connectivity index (χ1v) is 11.2. The summed E-state index contributed by atoms with van der Waals surface area (Å²) >= 11 is 0.